The van der Waals surface area contributed by atoms with E-state index in [1.54, 1.807) is 24.3 Å². The SMILES string of the molecule is CCCCC(Oc1ccccc1C=O)C(=O)[O-]. The van der Waals surface area contributed by atoms with Gasteiger partial charge in [0.25, 0.3) is 0 Å². The molecule has 0 radical (unpaired) electrons. The van der Waals surface area contributed by atoms with E-state index >= 15 is 0 Å². The first-order valence-electron chi connectivity index (χ1n) is 5.60. The molecule has 0 aromatic heterocycles. The van der Waals surface area contributed by atoms with Crippen molar-refractivity contribution in [2.45, 2.75) is 32.3 Å². The Morgan fingerprint density at radius 2 is 2.18 bits per heavy atom. The third-order valence-electron chi connectivity index (χ3n) is 2.40. The Bertz CT molecular complexity index is 387. The zero-order valence-corrected chi connectivity index (χ0v) is 9.72. The van der Waals surface area contributed by atoms with Gasteiger partial charge in [0.15, 0.2) is 6.29 Å². The van der Waals surface area contributed by atoms with Crippen LogP contribution in [0.1, 0.15) is 36.5 Å². The summed E-state index contributed by atoms with van der Waals surface area (Å²) in [5.74, 6) is -0.966. The van der Waals surface area contributed by atoms with Crippen LogP contribution >= 0.6 is 0 Å². The van der Waals surface area contributed by atoms with Crippen LogP contribution < -0.4 is 9.84 Å². The maximum Gasteiger partial charge on any atom is 0.153 e. The largest absolute Gasteiger partial charge is 0.546 e. The van der Waals surface area contributed by atoms with Gasteiger partial charge in [-0.25, -0.2) is 0 Å². The van der Waals surface area contributed by atoms with Crippen molar-refractivity contribution in [2.75, 3.05) is 0 Å². The number of benzene rings is 1. The van der Waals surface area contributed by atoms with E-state index in [2.05, 4.69) is 0 Å². The highest BCUT2D eigenvalue weighted by Crippen LogP contribution is 2.18. The summed E-state index contributed by atoms with van der Waals surface area (Å²) in [4.78, 5) is 21.6. The Kier molecular flexibility index (Phi) is 5.20. The van der Waals surface area contributed by atoms with Crippen LogP contribution in [-0.2, 0) is 4.79 Å². The van der Waals surface area contributed by atoms with Crippen molar-refractivity contribution in [1.29, 1.82) is 0 Å². The molecule has 0 heterocycles. The van der Waals surface area contributed by atoms with Crippen LogP contribution in [-0.4, -0.2) is 18.4 Å². The molecule has 0 fully saturated rings. The number of carboxylic acid groups (broad SMARTS) is 1. The molecule has 0 N–H and O–H groups in total. The lowest BCUT2D eigenvalue weighted by Crippen LogP contribution is -2.39. The average molecular weight is 235 g/mol. The summed E-state index contributed by atoms with van der Waals surface area (Å²) in [6, 6.07) is 6.53. The number of carbonyl (C=O) groups excluding carboxylic acids is 2. The van der Waals surface area contributed by atoms with Gasteiger partial charge in [0, 0.05) is 0 Å². The Morgan fingerprint density at radius 1 is 1.47 bits per heavy atom. The normalized spacial score (nSPS) is 11.8. The van der Waals surface area contributed by atoms with Crippen LogP contribution in [0.3, 0.4) is 0 Å². The van der Waals surface area contributed by atoms with Gasteiger partial charge >= 0.3 is 0 Å². The number of hydrogen-bond donors (Lipinski definition) is 0. The molecular formula is C13H15O4-. The van der Waals surface area contributed by atoms with Gasteiger partial charge in [-0.05, 0) is 25.0 Å². The molecule has 0 saturated heterocycles. The minimum atomic E-state index is -1.25. The number of carbonyl (C=O) groups is 2. The Morgan fingerprint density at radius 3 is 2.76 bits per heavy atom. The van der Waals surface area contributed by atoms with E-state index in [9.17, 15) is 14.7 Å². The molecule has 0 aliphatic carbocycles. The zero-order chi connectivity index (χ0) is 12.7. The Hall–Kier alpha value is -1.84. The molecule has 1 unspecified atom stereocenters. The van der Waals surface area contributed by atoms with Crippen molar-refractivity contribution >= 4 is 12.3 Å². The standard InChI is InChI=1S/C13H16O4/c1-2-3-7-12(13(15)16)17-11-8-5-4-6-10(11)9-14/h4-6,8-9,12H,2-3,7H2,1H3,(H,15,16)/p-1. The molecule has 17 heavy (non-hydrogen) atoms. The Balaban J connectivity index is 2.78. The van der Waals surface area contributed by atoms with Crippen molar-refractivity contribution in [3.8, 4) is 5.75 Å². The summed E-state index contributed by atoms with van der Waals surface area (Å²) in [7, 11) is 0. The van der Waals surface area contributed by atoms with Gasteiger partial charge < -0.3 is 14.6 Å². The van der Waals surface area contributed by atoms with E-state index in [4.69, 9.17) is 4.74 Å². The number of ether oxygens (including phenoxy) is 1. The molecule has 4 heteroatoms. The van der Waals surface area contributed by atoms with Crippen LogP contribution in [0.5, 0.6) is 5.75 Å². The van der Waals surface area contributed by atoms with E-state index in [0.29, 0.717) is 18.3 Å². The topological polar surface area (TPSA) is 66.4 Å². The summed E-state index contributed by atoms with van der Waals surface area (Å²) < 4.78 is 5.31. The van der Waals surface area contributed by atoms with Crippen LogP contribution in [0.15, 0.2) is 24.3 Å². The highest BCUT2D eigenvalue weighted by molar-refractivity contribution is 5.79. The van der Waals surface area contributed by atoms with E-state index in [-0.39, 0.29) is 5.75 Å². The molecule has 1 aromatic carbocycles. The van der Waals surface area contributed by atoms with Crippen molar-refractivity contribution < 1.29 is 19.4 Å². The van der Waals surface area contributed by atoms with Gasteiger partial charge in [0.05, 0.1) is 11.5 Å². The second-order valence-corrected chi connectivity index (χ2v) is 3.72. The molecule has 1 rings (SSSR count). The number of unbranched alkanes of at least 4 members (excludes halogenated alkanes) is 1. The fourth-order valence-electron chi connectivity index (χ4n) is 1.45. The first kappa shape index (κ1) is 13.2. The smallest absolute Gasteiger partial charge is 0.153 e. The predicted molar refractivity (Wildman–Crippen MR) is 60.8 cm³/mol. The molecule has 1 aromatic rings. The van der Waals surface area contributed by atoms with Gasteiger partial charge in [-0.1, -0.05) is 25.5 Å². The summed E-state index contributed by atoms with van der Waals surface area (Å²) in [6.07, 6.45) is 1.63. The third-order valence-corrected chi connectivity index (χ3v) is 2.40. The van der Waals surface area contributed by atoms with Gasteiger partial charge in [-0.2, -0.15) is 0 Å². The van der Waals surface area contributed by atoms with Crippen molar-refractivity contribution in [2.24, 2.45) is 0 Å². The summed E-state index contributed by atoms with van der Waals surface area (Å²) in [5.41, 5.74) is 0.343. The second kappa shape index (κ2) is 6.68. The monoisotopic (exact) mass is 235 g/mol. The van der Waals surface area contributed by atoms with Gasteiger partial charge in [-0.3, -0.25) is 4.79 Å². The van der Waals surface area contributed by atoms with Crippen molar-refractivity contribution in [3.05, 3.63) is 29.8 Å². The molecule has 0 spiro atoms. The number of hydrogen-bond acceptors (Lipinski definition) is 4. The summed E-state index contributed by atoms with van der Waals surface area (Å²) >= 11 is 0. The fraction of sp³-hybridized carbons (Fsp3) is 0.385. The molecule has 0 aliphatic rings. The lowest BCUT2D eigenvalue weighted by Gasteiger charge is -2.20. The van der Waals surface area contributed by atoms with Crippen molar-refractivity contribution in [1.82, 2.24) is 0 Å². The molecule has 0 bridgehead atoms. The highest BCUT2D eigenvalue weighted by atomic mass is 16.5. The lowest BCUT2D eigenvalue weighted by molar-refractivity contribution is -0.313. The third kappa shape index (κ3) is 3.90. The lowest BCUT2D eigenvalue weighted by atomic mass is 10.1. The minimum absolute atomic E-state index is 0.285. The number of rotatable bonds is 7. The van der Waals surface area contributed by atoms with Crippen molar-refractivity contribution in [3.63, 3.8) is 0 Å². The van der Waals surface area contributed by atoms with E-state index in [1.165, 1.54) is 0 Å². The van der Waals surface area contributed by atoms with E-state index in [1.807, 2.05) is 6.92 Å². The first-order valence-corrected chi connectivity index (χ1v) is 5.60. The van der Waals surface area contributed by atoms with Crippen LogP contribution in [0, 0.1) is 0 Å². The van der Waals surface area contributed by atoms with Crippen LogP contribution in [0.25, 0.3) is 0 Å². The first-order chi connectivity index (χ1) is 8.19. The number of aldehydes is 1. The second-order valence-electron chi connectivity index (χ2n) is 3.72. The van der Waals surface area contributed by atoms with E-state index in [0.717, 1.165) is 12.8 Å². The maximum absolute atomic E-state index is 10.9. The number of carboxylic acids is 1. The van der Waals surface area contributed by atoms with Gasteiger partial charge in [0.2, 0.25) is 0 Å². The molecular weight excluding hydrogens is 220 g/mol. The molecule has 0 saturated carbocycles. The molecule has 0 amide bonds. The van der Waals surface area contributed by atoms with Gasteiger partial charge in [0.1, 0.15) is 11.9 Å². The maximum atomic E-state index is 10.9. The number of para-hydroxylation sites is 1. The summed E-state index contributed by atoms with van der Waals surface area (Å²) in [5, 5.41) is 10.9. The predicted octanol–water partition coefficient (Wildman–Crippen LogP) is 1.19. The number of aliphatic carboxylic acids is 1. The molecule has 0 aliphatic heterocycles. The van der Waals surface area contributed by atoms with Crippen LogP contribution in [0.4, 0.5) is 0 Å². The Labute approximate surface area is 100 Å². The molecule has 92 valence electrons. The molecule has 1 atom stereocenters. The highest BCUT2D eigenvalue weighted by Gasteiger charge is 2.13. The molecule has 4 nitrogen and oxygen atoms in total. The minimum Gasteiger partial charge on any atom is -0.546 e. The fourth-order valence-corrected chi connectivity index (χ4v) is 1.45. The average Bonchev–Trinajstić information content (AvgIpc) is 2.34. The quantitative estimate of drug-likeness (QED) is 0.666. The zero-order valence-electron chi connectivity index (χ0n) is 9.72. The van der Waals surface area contributed by atoms with Gasteiger partial charge in [-0.15, -0.1) is 0 Å². The van der Waals surface area contributed by atoms with E-state index < -0.39 is 12.1 Å². The summed E-state index contributed by atoms with van der Waals surface area (Å²) in [6.45, 7) is 1.96. The van der Waals surface area contributed by atoms with Crippen LogP contribution in [0.2, 0.25) is 0 Å².